The molecule has 0 unspecified atom stereocenters. The summed E-state index contributed by atoms with van der Waals surface area (Å²) in [6.07, 6.45) is -4.48. The van der Waals surface area contributed by atoms with Gasteiger partial charge in [-0.25, -0.2) is 13.4 Å². The molecule has 199 valence electrons. The van der Waals surface area contributed by atoms with E-state index in [0.29, 0.717) is 24.0 Å². The fourth-order valence-electron chi connectivity index (χ4n) is 4.00. The van der Waals surface area contributed by atoms with E-state index in [1.165, 1.54) is 15.8 Å². The maximum absolute atomic E-state index is 13.3. The number of rotatable bonds is 5. The number of hydrogen-bond acceptors (Lipinski definition) is 7. The molecule has 2 aromatic carbocycles. The van der Waals surface area contributed by atoms with Gasteiger partial charge in [-0.3, -0.25) is 9.59 Å². The minimum absolute atomic E-state index is 0. The van der Waals surface area contributed by atoms with Crippen LogP contribution in [0.4, 0.5) is 18.9 Å². The number of aromatic nitrogens is 2. The summed E-state index contributed by atoms with van der Waals surface area (Å²) < 4.78 is 69.8. The van der Waals surface area contributed by atoms with Gasteiger partial charge in [0.15, 0.2) is 15.9 Å². The van der Waals surface area contributed by atoms with Crippen molar-refractivity contribution < 1.29 is 31.1 Å². The summed E-state index contributed by atoms with van der Waals surface area (Å²) in [6.45, 7) is 2.03. The number of nitrogens with zero attached hydrogens (tertiary/aromatic N) is 4. The normalized spacial score (nSPS) is 15.2. The Morgan fingerprint density at radius 2 is 1.74 bits per heavy atom. The first kappa shape index (κ1) is 29.9. The summed E-state index contributed by atoms with van der Waals surface area (Å²) in [6, 6.07) is 8.54. The fourth-order valence-corrected chi connectivity index (χ4v) is 4.65. The number of amides is 1. The van der Waals surface area contributed by atoms with E-state index < -0.39 is 28.0 Å². The van der Waals surface area contributed by atoms with Gasteiger partial charge in [0.1, 0.15) is 5.75 Å². The Morgan fingerprint density at radius 1 is 1.08 bits per heavy atom. The number of alkyl halides is 3. The molecule has 0 bridgehead atoms. The van der Waals surface area contributed by atoms with Crippen LogP contribution >= 0.6 is 0 Å². The standard InChI is InChI=1S/C24H25F3N4O5S.Na/c1-15(24(25,26)27)36-21-7-5-17(37(3,34)35)13-19(21)23(33)31-10-8-30(9-11-31)16-4-6-20-18(12-16)22(32)29(2)14-28-20;/h4-7,12-15H,8-11H2,1-3H3;/t15-;/m0./s1. The summed E-state index contributed by atoms with van der Waals surface area (Å²) in [5.41, 5.74) is 0.888. The molecule has 2 heterocycles. The molecule has 1 aliphatic heterocycles. The van der Waals surface area contributed by atoms with Crippen LogP contribution in [0.2, 0.25) is 0 Å². The second-order valence-corrected chi connectivity index (χ2v) is 10.9. The van der Waals surface area contributed by atoms with E-state index in [1.807, 2.05) is 11.0 Å². The molecule has 4 rings (SSSR count). The average Bonchev–Trinajstić information content (AvgIpc) is 2.85. The molecule has 38 heavy (non-hydrogen) atoms. The molecule has 0 saturated carbocycles. The van der Waals surface area contributed by atoms with Crippen molar-refractivity contribution in [3.63, 3.8) is 0 Å². The van der Waals surface area contributed by atoms with Crippen molar-refractivity contribution in [2.45, 2.75) is 24.1 Å². The number of halogens is 3. The molecule has 14 heteroatoms. The molecular weight excluding hydrogens is 536 g/mol. The quantitative estimate of drug-likeness (QED) is 0.441. The Morgan fingerprint density at radius 3 is 2.34 bits per heavy atom. The molecule has 1 aliphatic rings. The SMILES string of the molecule is C[C@H](Oc1ccc(S(C)(=O)=O)cc1C(=O)N1CCN(c2ccc3ncn(C)c(=O)c3c2)CC1)C(F)(F)F.[Na]. The van der Waals surface area contributed by atoms with Gasteiger partial charge in [-0.1, -0.05) is 0 Å². The average molecular weight is 562 g/mol. The number of carbonyl (C=O) groups is 1. The van der Waals surface area contributed by atoms with Crippen LogP contribution in [0.15, 0.2) is 52.4 Å². The van der Waals surface area contributed by atoms with Gasteiger partial charge >= 0.3 is 6.18 Å². The van der Waals surface area contributed by atoms with E-state index in [9.17, 15) is 31.2 Å². The number of piperazine rings is 1. The van der Waals surface area contributed by atoms with Crippen molar-refractivity contribution >= 4 is 61.9 Å². The van der Waals surface area contributed by atoms with Gasteiger partial charge in [0, 0.05) is 74.7 Å². The topological polar surface area (TPSA) is 102 Å². The van der Waals surface area contributed by atoms with Crippen molar-refractivity contribution in [2.24, 2.45) is 7.05 Å². The zero-order chi connectivity index (χ0) is 27.1. The van der Waals surface area contributed by atoms with Crippen LogP contribution in [0.1, 0.15) is 17.3 Å². The fraction of sp³-hybridized carbons (Fsp3) is 0.375. The number of aryl methyl sites for hydroxylation is 1. The van der Waals surface area contributed by atoms with E-state index in [-0.39, 0.29) is 64.4 Å². The maximum Gasteiger partial charge on any atom is 0.425 e. The Labute approximate surface area is 239 Å². The number of benzene rings is 2. The van der Waals surface area contributed by atoms with Gasteiger partial charge in [0.05, 0.1) is 27.7 Å². The minimum Gasteiger partial charge on any atom is -0.480 e. The number of hydrogen-bond donors (Lipinski definition) is 0. The second-order valence-electron chi connectivity index (χ2n) is 8.87. The third-order valence-electron chi connectivity index (χ3n) is 6.21. The van der Waals surface area contributed by atoms with Crippen LogP contribution in [0.25, 0.3) is 10.9 Å². The molecule has 3 aromatic rings. The third-order valence-corrected chi connectivity index (χ3v) is 7.32. The first-order valence-electron chi connectivity index (χ1n) is 11.3. The Balaban J connectivity index is 0.00000400. The van der Waals surface area contributed by atoms with Crippen LogP contribution < -0.4 is 15.2 Å². The summed E-state index contributed by atoms with van der Waals surface area (Å²) in [5.74, 6) is -0.978. The van der Waals surface area contributed by atoms with E-state index in [0.717, 1.165) is 37.1 Å². The Hall–Kier alpha value is -2.61. The molecule has 1 radical (unpaired) electrons. The summed E-state index contributed by atoms with van der Waals surface area (Å²) in [7, 11) is -2.11. The van der Waals surface area contributed by atoms with E-state index in [2.05, 4.69) is 4.98 Å². The molecular formula is C24H25F3N4NaO5S. The molecule has 0 aliphatic carbocycles. The Bertz CT molecular complexity index is 1520. The van der Waals surface area contributed by atoms with Crippen molar-refractivity contribution in [1.29, 1.82) is 0 Å². The maximum atomic E-state index is 13.3. The summed E-state index contributed by atoms with van der Waals surface area (Å²) in [5, 5.41) is 0.458. The predicted molar refractivity (Wildman–Crippen MR) is 137 cm³/mol. The van der Waals surface area contributed by atoms with Crippen LogP contribution in [-0.2, 0) is 16.9 Å². The van der Waals surface area contributed by atoms with Gasteiger partial charge in [-0.2, -0.15) is 13.2 Å². The zero-order valence-electron chi connectivity index (χ0n) is 21.3. The molecule has 1 aromatic heterocycles. The van der Waals surface area contributed by atoms with Crippen molar-refractivity contribution in [3.05, 3.63) is 58.6 Å². The summed E-state index contributed by atoms with van der Waals surface area (Å²) in [4.78, 5) is 33.2. The Kier molecular flexibility index (Phi) is 8.86. The number of anilines is 1. The van der Waals surface area contributed by atoms with Crippen LogP contribution in [0.3, 0.4) is 0 Å². The minimum atomic E-state index is -4.67. The first-order valence-corrected chi connectivity index (χ1v) is 13.2. The van der Waals surface area contributed by atoms with Crippen LogP contribution in [-0.4, -0.2) is 103 Å². The van der Waals surface area contributed by atoms with Gasteiger partial charge in [0.2, 0.25) is 0 Å². The van der Waals surface area contributed by atoms with Gasteiger partial charge < -0.3 is 19.1 Å². The van der Waals surface area contributed by atoms with Crippen molar-refractivity contribution in [1.82, 2.24) is 14.5 Å². The van der Waals surface area contributed by atoms with Gasteiger partial charge in [-0.05, 0) is 43.3 Å². The molecule has 0 N–H and O–H groups in total. The van der Waals surface area contributed by atoms with E-state index >= 15 is 0 Å². The predicted octanol–water partition coefficient (Wildman–Crippen LogP) is 2.25. The largest absolute Gasteiger partial charge is 0.480 e. The van der Waals surface area contributed by atoms with Crippen molar-refractivity contribution in [3.8, 4) is 5.75 Å². The molecule has 1 atom stereocenters. The molecule has 9 nitrogen and oxygen atoms in total. The molecule has 1 saturated heterocycles. The van der Waals surface area contributed by atoms with Gasteiger partial charge in [-0.15, -0.1) is 0 Å². The zero-order valence-corrected chi connectivity index (χ0v) is 24.1. The smallest absolute Gasteiger partial charge is 0.425 e. The second kappa shape index (κ2) is 11.2. The van der Waals surface area contributed by atoms with Gasteiger partial charge in [0.25, 0.3) is 11.5 Å². The number of carbonyl (C=O) groups excluding carboxylic acids is 1. The summed E-state index contributed by atoms with van der Waals surface area (Å²) >= 11 is 0. The van der Waals surface area contributed by atoms with E-state index in [1.54, 1.807) is 19.2 Å². The number of sulfone groups is 1. The first-order chi connectivity index (χ1) is 17.3. The number of ether oxygens (including phenoxy) is 1. The molecule has 0 spiro atoms. The number of fused-ring (bicyclic) bond motifs is 1. The molecule has 1 fully saturated rings. The van der Waals surface area contributed by atoms with Crippen LogP contribution in [0.5, 0.6) is 5.75 Å². The van der Waals surface area contributed by atoms with Crippen LogP contribution in [0, 0.1) is 0 Å². The monoisotopic (exact) mass is 561 g/mol. The van der Waals surface area contributed by atoms with Crippen molar-refractivity contribution in [2.75, 3.05) is 37.3 Å². The molecule has 1 amide bonds. The van der Waals surface area contributed by atoms with E-state index in [4.69, 9.17) is 4.74 Å². The third kappa shape index (κ3) is 6.33.